The monoisotopic (exact) mass is 914 g/mol. The predicted molar refractivity (Wildman–Crippen MR) is 255 cm³/mol. The number of carboxylic acids is 1. The van der Waals surface area contributed by atoms with Gasteiger partial charge in [-0.25, -0.2) is 13.6 Å². The average Bonchev–Trinajstić information content (AvgIpc) is 4.08. The standard InChI is InChI=1S/C36H41F2N3O3.C15H21NO3.CH3Cl/c1-5-13-41(14-6-2)35(44)28-16-24(4)15-27(21-28)34(43)40-32(20-26-18-30(37)22-31(38)19-26)33(42)23-39-36(11-12-36)29-10-8-9-25(7-3)17-29;1-4-6-16(7-5-2)14(17)12-8-11(3)9-13(10-12)15(18)19;1-2/h3,8-10,15-19,21-22,32-33,39,42H,5-6,11-14,20,23H2,1-2,4H3,(H,40,43);8-10H,4-7H2,1-3H3,(H,18,19);1H3/t32-,33+;;/m0../s1. The number of carboxylic acid groups (broad SMARTS) is 1. The number of aliphatic hydroxyl groups is 1. The Balaban J connectivity index is 0.000000447. The number of rotatable bonds is 20. The molecule has 0 aliphatic heterocycles. The number of terminal acetylenes is 1. The van der Waals surface area contributed by atoms with Crippen molar-refractivity contribution in [1.29, 1.82) is 0 Å². The Morgan fingerprint density at radius 3 is 1.68 bits per heavy atom. The first-order valence-electron chi connectivity index (χ1n) is 22.3. The normalized spacial score (nSPS) is 13.1. The van der Waals surface area contributed by atoms with Gasteiger partial charge in [-0.2, -0.15) is 0 Å². The topological polar surface area (TPSA) is 139 Å². The molecule has 350 valence electrons. The summed E-state index contributed by atoms with van der Waals surface area (Å²) in [5.41, 5.74) is 4.56. The second kappa shape index (κ2) is 26.4. The second-order valence-electron chi connectivity index (χ2n) is 16.4. The Morgan fingerprint density at radius 2 is 1.22 bits per heavy atom. The zero-order chi connectivity index (χ0) is 48.3. The third-order valence-electron chi connectivity index (χ3n) is 10.8. The lowest BCUT2D eigenvalue weighted by Crippen LogP contribution is -2.50. The quantitative estimate of drug-likeness (QED) is 0.0512. The summed E-state index contributed by atoms with van der Waals surface area (Å²) in [5.74, 6) is -0.572. The van der Waals surface area contributed by atoms with Crippen LogP contribution in [0.2, 0.25) is 0 Å². The molecule has 13 heteroatoms. The van der Waals surface area contributed by atoms with E-state index in [4.69, 9.17) is 11.5 Å². The summed E-state index contributed by atoms with van der Waals surface area (Å²) in [6.07, 6.45) is 11.1. The summed E-state index contributed by atoms with van der Waals surface area (Å²) < 4.78 is 28.1. The minimum atomic E-state index is -1.10. The molecule has 0 unspecified atom stereocenters. The molecule has 2 atom stereocenters. The van der Waals surface area contributed by atoms with Crippen LogP contribution in [0.1, 0.15) is 135 Å². The van der Waals surface area contributed by atoms with Gasteiger partial charge in [0.15, 0.2) is 0 Å². The summed E-state index contributed by atoms with van der Waals surface area (Å²) >= 11 is 4.64. The van der Waals surface area contributed by atoms with E-state index in [1.165, 1.54) is 24.6 Å². The van der Waals surface area contributed by atoms with Crippen LogP contribution in [0.4, 0.5) is 8.78 Å². The van der Waals surface area contributed by atoms with Gasteiger partial charge in [0, 0.05) is 73.0 Å². The van der Waals surface area contributed by atoms with Crippen LogP contribution < -0.4 is 10.6 Å². The highest BCUT2D eigenvalue weighted by Gasteiger charge is 2.44. The number of halogens is 3. The fraction of sp³-hybridized carbons (Fsp3) is 0.423. The lowest BCUT2D eigenvalue weighted by molar-refractivity contribution is 0.0695. The number of carbonyl (C=O) groups is 4. The van der Waals surface area contributed by atoms with Gasteiger partial charge < -0.3 is 30.6 Å². The van der Waals surface area contributed by atoms with Crippen LogP contribution in [0, 0.1) is 37.8 Å². The predicted octanol–water partition coefficient (Wildman–Crippen LogP) is 9.31. The first kappa shape index (κ1) is 53.7. The number of aliphatic hydroxyl groups excluding tert-OH is 1. The van der Waals surface area contributed by atoms with Crippen LogP contribution >= 0.6 is 11.6 Å². The summed E-state index contributed by atoms with van der Waals surface area (Å²) in [5, 5.41) is 26.7. The van der Waals surface area contributed by atoms with Gasteiger partial charge in [0.25, 0.3) is 17.7 Å². The largest absolute Gasteiger partial charge is 0.478 e. The fourth-order valence-electron chi connectivity index (χ4n) is 7.70. The Labute approximate surface area is 388 Å². The number of aromatic carboxylic acids is 1. The van der Waals surface area contributed by atoms with Crippen LogP contribution in [-0.4, -0.2) is 95.0 Å². The highest BCUT2D eigenvalue weighted by atomic mass is 35.5. The van der Waals surface area contributed by atoms with Crippen molar-refractivity contribution >= 4 is 35.3 Å². The summed E-state index contributed by atoms with van der Waals surface area (Å²) in [4.78, 5) is 53.9. The van der Waals surface area contributed by atoms with Crippen LogP contribution in [0.25, 0.3) is 0 Å². The van der Waals surface area contributed by atoms with Gasteiger partial charge in [0.2, 0.25) is 0 Å². The highest BCUT2D eigenvalue weighted by Crippen LogP contribution is 2.45. The molecule has 10 nitrogen and oxygen atoms in total. The van der Waals surface area contributed by atoms with Crippen molar-refractivity contribution in [3.63, 3.8) is 0 Å². The first-order valence-corrected chi connectivity index (χ1v) is 23.0. The summed E-state index contributed by atoms with van der Waals surface area (Å²) in [6.45, 7) is 14.4. The van der Waals surface area contributed by atoms with E-state index in [9.17, 15) is 33.1 Å². The second-order valence-corrected chi connectivity index (χ2v) is 16.4. The minimum absolute atomic E-state index is 0.0127. The van der Waals surface area contributed by atoms with Gasteiger partial charge in [-0.05, 0) is 142 Å². The molecule has 3 amide bonds. The van der Waals surface area contributed by atoms with E-state index in [1.807, 2.05) is 58.9 Å². The number of nitrogens with one attached hydrogen (secondary N) is 2. The minimum Gasteiger partial charge on any atom is -0.478 e. The maximum absolute atomic E-state index is 14.1. The maximum Gasteiger partial charge on any atom is 0.335 e. The number of aryl methyl sites for hydroxylation is 2. The number of alkyl halides is 1. The third kappa shape index (κ3) is 16.1. The van der Waals surface area contributed by atoms with Gasteiger partial charge >= 0.3 is 5.97 Å². The molecule has 0 bridgehead atoms. The van der Waals surface area contributed by atoms with E-state index in [2.05, 4.69) is 28.2 Å². The molecule has 0 heterocycles. The van der Waals surface area contributed by atoms with Gasteiger partial charge in [0.05, 0.1) is 17.7 Å². The molecule has 4 N–H and O–H groups in total. The number of benzene rings is 4. The molecule has 1 aliphatic carbocycles. The first-order chi connectivity index (χ1) is 31.1. The van der Waals surface area contributed by atoms with Crippen molar-refractivity contribution in [3.05, 3.63) is 141 Å². The number of nitrogens with zero attached hydrogens (tertiary/aromatic N) is 2. The van der Waals surface area contributed by atoms with Crippen molar-refractivity contribution in [3.8, 4) is 12.3 Å². The zero-order valence-electron chi connectivity index (χ0n) is 38.8. The molecule has 5 rings (SSSR count). The molecule has 1 saturated carbocycles. The Hall–Kier alpha value is -5.61. The number of carbonyl (C=O) groups excluding carboxylic acids is 3. The number of amides is 3. The molecule has 1 aliphatic rings. The highest BCUT2D eigenvalue weighted by molar-refractivity contribution is 6.15. The Kier molecular flexibility index (Phi) is 21.8. The summed E-state index contributed by atoms with van der Waals surface area (Å²) in [6, 6.07) is 19.7. The maximum atomic E-state index is 14.1. The van der Waals surface area contributed by atoms with Crippen molar-refractivity contribution in [2.24, 2.45) is 0 Å². The third-order valence-corrected chi connectivity index (χ3v) is 10.8. The van der Waals surface area contributed by atoms with E-state index in [0.29, 0.717) is 42.9 Å². The fourth-order valence-corrected chi connectivity index (χ4v) is 7.70. The van der Waals surface area contributed by atoms with E-state index in [0.717, 1.165) is 66.8 Å². The van der Waals surface area contributed by atoms with E-state index in [-0.39, 0.29) is 41.4 Å². The van der Waals surface area contributed by atoms with Gasteiger partial charge in [-0.3, -0.25) is 14.4 Å². The molecular formula is C52H65ClF2N4O6. The van der Waals surface area contributed by atoms with E-state index in [1.54, 1.807) is 47.1 Å². The van der Waals surface area contributed by atoms with Gasteiger partial charge in [-0.1, -0.05) is 45.7 Å². The molecule has 65 heavy (non-hydrogen) atoms. The van der Waals surface area contributed by atoms with Crippen LogP contribution in [0.5, 0.6) is 0 Å². The molecular weight excluding hydrogens is 850 g/mol. The van der Waals surface area contributed by atoms with Crippen LogP contribution in [0.3, 0.4) is 0 Å². The molecule has 0 spiro atoms. The molecule has 0 saturated heterocycles. The van der Waals surface area contributed by atoms with Crippen molar-refractivity contribution in [2.75, 3.05) is 39.1 Å². The molecule has 4 aromatic rings. The molecule has 4 aromatic carbocycles. The van der Waals surface area contributed by atoms with E-state index < -0.39 is 35.7 Å². The van der Waals surface area contributed by atoms with Crippen molar-refractivity contribution in [1.82, 2.24) is 20.4 Å². The average molecular weight is 916 g/mol. The number of hydrogen-bond donors (Lipinski definition) is 4. The van der Waals surface area contributed by atoms with Crippen molar-refractivity contribution < 1.29 is 38.2 Å². The Bertz CT molecular complexity index is 2240. The van der Waals surface area contributed by atoms with Gasteiger partial charge in [0.1, 0.15) is 11.6 Å². The summed E-state index contributed by atoms with van der Waals surface area (Å²) in [7, 11) is 0. The zero-order valence-corrected chi connectivity index (χ0v) is 39.5. The van der Waals surface area contributed by atoms with Gasteiger partial charge in [-0.15, -0.1) is 18.0 Å². The molecule has 0 aromatic heterocycles. The lowest BCUT2D eigenvalue weighted by atomic mass is 9.98. The van der Waals surface area contributed by atoms with Crippen molar-refractivity contribution in [2.45, 2.75) is 104 Å². The SMILES string of the molecule is C#Cc1cccc(C2(NC[C@@H](O)[C@H](Cc3cc(F)cc(F)c3)NC(=O)c3cc(C)cc(C(=O)N(CCC)CCC)c3)CC2)c1.CCCN(CCC)C(=O)c1cc(C)cc(C(=O)O)c1.CCl. The lowest BCUT2D eigenvalue weighted by Gasteiger charge is -2.28. The smallest absolute Gasteiger partial charge is 0.335 e. The van der Waals surface area contributed by atoms with Crippen LogP contribution in [0.15, 0.2) is 78.9 Å². The molecule has 1 fully saturated rings. The van der Waals surface area contributed by atoms with Crippen LogP contribution in [-0.2, 0) is 12.0 Å². The molecule has 0 radical (unpaired) electrons. The van der Waals surface area contributed by atoms with E-state index >= 15 is 0 Å². The number of hydrogen-bond acceptors (Lipinski definition) is 6. The Morgan fingerprint density at radius 1 is 0.738 bits per heavy atom.